The van der Waals surface area contributed by atoms with Crippen LogP contribution in [-0.4, -0.2) is 23.0 Å². The standard InChI is InChI=1S/C14H13FN2O3S/c1-20-13(19)7-10-6-12(18)17-14(16-10)21-8-9-4-2-3-5-11(9)15/h2-6H,7-8H2,1H3,(H,16,17,18). The molecule has 0 amide bonds. The Morgan fingerprint density at radius 1 is 1.43 bits per heavy atom. The van der Waals surface area contributed by atoms with E-state index < -0.39 is 5.97 Å². The monoisotopic (exact) mass is 308 g/mol. The average molecular weight is 308 g/mol. The van der Waals surface area contributed by atoms with E-state index in [1.54, 1.807) is 18.2 Å². The van der Waals surface area contributed by atoms with Gasteiger partial charge in [-0.25, -0.2) is 9.37 Å². The summed E-state index contributed by atoms with van der Waals surface area (Å²) in [6, 6.07) is 7.63. The minimum atomic E-state index is -0.474. The highest BCUT2D eigenvalue weighted by molar-refractivity contribution is 7.98. The van der Waals surface area contributed by atoms with E-state index in [0.29, 0.717) is 22.2 Å². The predicted octanol–water partition coefficient (Wildman–Crippen LogP) is 1.92. The molecule has 0 saturated carbocycles. The number of thioether (sulfide) groups is 1. The second-order valence-electron chi connectivity index (χ2n) is 4.17. The number of carbonyl (C=O) groups is 1. The van der Waals surface area contributed by atoms with Crippen LogP contribution in [0.5, 0.6) is 0 Å². The van der Waals surface area contributed by atoms with Gasteiger partial charge in [0.25, 0.3) is 5.56 Å². The molecule has 0 unspecified atom stereocenters. The van der Waals surface area contributed by atoms with Crippen molar-refractivity contribution in [2.45, 2.75) is 17.3 Å². The number of nitrogens with one attached hydrogen (secondary N) is 1. The molecule has 0 radical (unpaired) electrons. The first-order valence-corrected chi connectivity index (χ1v) is 7.10. The lowest BCUT2D eigenvalue weighted by molar-refractivity contribution is -0.139. The molecule has 110 valence electrons. The molecule has 1 aromatic carbocycles. The normalized spacial score (nSPS) is 10.4. The van der Waals surface area contributed by atoms with Gasteiger partial charge in [-0.3, -0.25) is 9.59 Å². The van der Waals surface area contributed by atoms with Gasteiger partial charge in [-0.1, -0.05) is 30.0 Å². The molecular weight excluding hydrogens is 295 g/mol. The quantitative estimate of drug-likeness (QED) is 0.519. The second-order valence-corrected chi connectivity index (χ2v) is 5.14. The molecule has 2 rings (SSSR count). The number of H-pyrrole nitrogens is 1. The third kappa shape index (κ3) is 4.42. The van der Waals surface area contributed by atoms with Gasteiger partial charge < -0.3 is 9.72 Å². The van der Waals surface area contributed by atoms with Gasteiger partial charge in [-0.05, 0) is 11.6 Å². The second kappa shape index (κ2) is 7.03. The number of hydrogen-bond donors (Lipinski definition) is 1. The number of ether oxygens (including phenoxy) is 1. The summed E-state index contributed by atoms with van der Waals surface area (Å²) in [4.78, 5) is 29.4. The number of nitrogens with zero attached hydrogens (tertiary/aromatic N) is 1. The SMILES string of the molecule is COC(=O)Cc1cc(=O)[nH]c(SCc2ccccc2F)n1. The first kappa shape index (κ1) is 15.2. The fourth-order valence-electron chi connectivity index (χ4n) is 1.62. The number of benzene rings is 1. The summed E-state index contributed by atoms with van der Waals surface area (Å²) in [5.74, 6) is -0.451. The van der Waals surface area contributed by atoms with Crippen LogP contribution in [0.1, 0.15) is 11.3 Å². The Hall–Kier alpha value is -2.15. The van der Waals surface area contributed by atoms with Crippen molar-refractivity contribution in [3.63, 3.8) is 0 Å². The Kier molecular flexibility index (Phi) is 5.10. The molecular formula is C14H13FN2O3S. The number of esters is 1. The zero-order chi connectivity index (χ0) is 15.2. The van der Waals surface area contributed by atoms with Crippen molar-refractivity contribution >= 4 is 17.7 Å². The minimum Gasteiger partial charge on any atom is -0.469 e. The molecule has 0 aliphatic rings. The smallest absolute Gasteiger partial charge is 0.311 e. The van der Waals surface area contributed by atoms with Crippen LogP contribution in [0.25, 0.3) is 0 Å². The van der Waals surface area contributed by atoms with Crippen molar-refractivity contribution in [2.75, 3.05) is 7.11 Å². The van der Waals surface area contributed by atoms with Gasteiger partial charge in [0.05, 0.1) is 19.2 Å². The van der Waals surface area contributed by atoms with Crippen molar-refractivity contribution in [3.05, 3.63) is 57.8 Å². The molecule has 1 aromatic heterocycles. The van der Waals surface area contributed by atoms with Crippen LogP contribution < -0.4 is 5.56 Å². The Bertz CT molecular complexity index is 703. The van der Waals surface area contributed by atoms with E-state index >= 15 is 0 Å². The first-order chi connectivity index (χ1) is 10.1. The van der Waals surface area contributed by atoms with E-state index in [1.165, 1.54) is 31.0 Å². The van der Waals surface area contributed by atoms with Gasteiger partial charge in [-0.15, -0.1) is 0 Å². The van der Waals surface area contributed by atoms with Crippen LogP contribution in [0.2, 0.25) is 0 Å². The highest BCUT2D eigenvalue weighted by Gasteiger charge is 2.09. The highest BCUT2D eigenvalue weighted by atomic mass is 32.2. The predicted molar refractivity (Wildman–Crippen MR) is 76.5 cm³/mol. The molecule has 1 N–H and O–H groups in total. The molecule has 0 aliphatic heterocycles. The van der Waals surface area contributed by atoms with E-state index in [0.717, 1.165) is 0 Å². The number of aromatic nitrogens is 2. The van der Waals surface area contributed by atoms with Gasteiger partial charge in [0.2, 0.25) is 0 Å². The van der Waals surface area contributed by atoms with E-state index in [4.69, 9.17) is 0 Å². The fraction of sp³-hybridized carbons (Fsp3) is 0.214. The van der Waals surface area contributed by atoms with Gasteiger partial charge in [0, 0.05) is 11.8 Å². The Labute approximate surface area is 124 Å². The molecule has 0 spiro atoms. The first-order valence-electron chi connectivity index (χ1n) is 6.11. The van der Waals surface area contributed by atoms with Gasteiger partial charge >= 0.3 is 5.97 Å². The van der Waals surface area contributed by atoms with Crippen molar-refractivity contribution < 1.29 is 13.9 Å². The van der Waals surface area contributed by atoms with Gasteiger partial charge in [0.15, 0.2) is 5.16 Å². The maximum absolute atomic E-state index is 13.5. The zero-order valence-electron chi connectivity index (χ0n) is 11.3. The summed E-state index contributed by atoms with van der Waals surface area (Å²) in [6.45, 7) is 0. The number of methoxy groups -OCH3 is 1. The molecule has 0 atom stereocenters. The number of rotatable bonds is 5. The summed E-state index contributed by atoms with van der Waals surface area (Å²) >= 11 is 1.19. The lowest BCUT2D eigenvalue weighted by Crippen LogP contribution is -2.13. The van der Waals surface area contributed by atoms with Crippen LogP contribution in [0.3, 0.4) is 0 Å². The summed E-state index contributed by atoms with van der Waals surface area (Å²) in [6.07, 6.45) is -0.0757. The molecule has 0 fully saturated rings. The topological polar surface area (TPSA) is 72.1 Å². The van der Waals surface area contributed by atoms with Crippen molar-refractivity contribution in [1.82, 2.24) is 9.97 Å². The number of halogens is 1. The molecule has 21 heavy (non-hydrogen) atoms. The summed E-state index contributed by atoms with van der Waals surface area (Å²) in [5.41, 5.74) is 0.477. The summed E-state index contributed by atoms with van der Waals surface area (Å²) < 4.78 is 18.0. The molecule has 0 bridgehead atoms. The van der Waals surface area contributed by atoms with Crippen LogP contribution in [0, 0.1) is 5.82 Å². The van der Waals surface area contributed by atoms with Gasteiger partial charge in [-0.2, -0.15) is 0 Å². The molecule has 2 aromatic rings. The molecule has 1 heterocycles. The lowest BCUT2D eigenvalue weighted by Gasteiger charge is -2.04. The number of aromatic amines is 1. The van der Waals surface area contributed by atoms with Crippen LogP contribution in [0.15, 0.2) is 40.3 Å². The highest BCUT2D eigenvalue weighted by Crippen LogP contribution is 2.20. The van der Waals surface area contributed by atoms with Crippen LogP contribution >= 0.6 is 11.8 Å². The maximum Gasteiger partial charge on any atom is 0.311 e. The molecule has 5 nitrogen and oxygen atoms in total. The Balaban J connectivity index is 2.11. The Morgan fingerprint density at radius 3 is 2.90 bits per heavy atom. The molecule has 0 aliphatic carbocycles. The van der Waals surface area contributed by atoms with Crippen LogP contribution in [-0.2, 0) is 21.7 Å². The molecule has 7 heteroatoms. The van der Waals surface area contributed by atoms with E-state index in [-0.39, 0.29) is 17.8 Å². The number of hydrogen-bond acceptors (Lipinski definition) is 5. The van der Waals surface area contributed by atoms with Crippen molar-refractivity contribution in [3.8, 4) is 0 Å². The average Bonchev–Trinajstić information content (AvgIpc) is 2.45. The van der Waals surface area contributed by atoms with E-state index in [2.05, 4.69) is 14.7 Å². The van der Waals surface area contributed by atoms with Crippen molar-refractivity contribution in [1.29, 1.82) is 0 Å². The zero-order valence-corrected chi connectivity index (χ0v) is 12.1. The number of carbonyl (C=O) groups excluding carboxylic acids is 1. The Morgan fingerprint density at radius 2 is 2.19 bits per heavy atom. The maximum atomic E-state index is 13.5. The lowest BCUT2D eigenvalue weighted by atomic mass is 10.2. The summed E-state index contributed by atoms with van der Waals surface area (Å²) in [5, 5.41) is 0.338. The fourth-order valence-corrected chi connectivity index (χ4v) is 2.50. The third-order valence-corrected chi connectivity index (χ3v) is 3.57. The third-order valence-electron chi connectivity index (χ3n) is 2.65. The summed E-state index contributed by atoms with van der Waals surface area (Å²) in [7, 11) is 1.27. The molecule has 0 saturated heterocycles. The minimum absolute atomic E-state index is 0.0757. The largest absolute Gasteiger partial charge is 0.469 e. The van der Waals surface area contributed by atoms with E-state index in [1.807, 2.05) is 0 Å². The van der Waals surface area contributed by atoms with E-state index in [9.17, 15) is 14.0 Å². The van der Waals surface area contributed by atoms with Gasteiger partial charge in [0.1, 0.15) is 5.82 Å². The van der Waals surface area contributed by atoms with Crippen LogP contribution in [0.4, 0.5) is 4.39 Å². The van der Waals surface area contributed by atoms with Crippen molar-refractivity contribution in [2.24, 2.45) is 0 Å².